The fourth-order valence-corrected chi connectivity index (χ4v) is 3.15. The Hall–Kier alpha value is -1.23. The number of hydrogen-bond acceptors (Lipinski definition) is 5. The van der Waals surface area contributed by atoms with Crippen molar-refractivity contribution in [1.82, 2.24) is 15.2 Å². The second-order valence-electron chi connectivity index (χ2n) is 5.97. The largest absolute Gasteiger partial charge is 0.337 e. The molecule has 0 unspecified atom stereocenters. The lowest BCUT2D eigenvalue weighted by Crippen LogP contribution is -2.42. The van der Waals surface area contributed by atoms with Crippen molar-refractivity contribution in [3.05, 3.63) is 11.4 Å². The highest BCUT2D eigenvalue weighted by Gasteiger charge is 2.26. The van der Waals surface area contributed by atoms with E-state index in [0.717, 1.165) is 68.8 Å². The number of nitrogens with two attached hydrogens (primary N) is 1. The van der Waals surface area contributed by atoms with Gasteiger partial charge in [0.2, 0.25) is 5.95 Å². The molecule has 2 N–H and O–H groups in total. The molecule has 1 saturated carbocycles. The SMILES string of the molecule is CCCN(c1nnc(CC)c(CC)n1)C1CCC(N)CC1. The maximum Gasteiger partial charge on any atom is 0.245 e. The Balaban J connectivity index is 2.21. The first kappa shape index (κ1) is 16.1. The maximum atomic E-state index is 6.03. The zero-order valence-electron chi connectivity index (χ0n) is 13.7. The Kier molecular flexibility index (Phi) is 5.91. The lowest BCUT2D eigenvalue weighted by Gasteiger charge is -2.36. The van der Waals surface area contributed by atoms with Crippen LogP contribution in [0.25, 0.3) is 0 Å². The molecule has 0 amide bonds. The van der Waals surface area contributed by atoms with Crippen LogP contribution in [0.3, 0.4) is 0 Å². The average molecular weight is 291 g/mol. The minimum Gasteiger partial charge on any atom is -0.337 e. The van der Waals surface area contributed by atoms with Gasteiger partial charge in [-0.15, -0.1) is 5.10 Å². The molecule has 1 aliphatic rings. The molecule has 0 saturated heterocycles. The van der Waals surface area contributed by atoms with Crippen molar-refractivity contribution in [3.8, 4) is 0 Å². The average Bonchev–Trinajstić information content (AvgIpc) is 2.53. The van der Waals surface area contributed by atoms with Gasteiger partial charge in [0.1, 0.15) is 0 Å². The van der Waals surface area contributed by atoms with Gasteiger partial charge in [-0.25, -0.2) is 4.98 Å². The molecular formula is C16H29N5. The molecule has 1 aromatic heterocycles. The van der Waals surface area contributed by atoms with Crippen LogP contribution in [0.4, 0.5) is 5.95 Å². The molecule has 21 heavy (non-hydrogen) atoms. The predicted molar refractivity (Wildman–Crippen MR) is 86.5 cm³/mol. The van der Waals surface area contributed by atoms with Crippen molar-refractivity contribution in [1.29, 1.82) is 0 Å². The predicted octanol–water partition coefficient (Wildman–Crippen LogP) is 2.48. The van der Waals surface area contributed by atoms with Crippen molar-refractivity contribution in [2.24, 2.45) is 5.73 Å². The Morgan fingerprint density at radius 1 is 1.00 bits per heavy atom. The third kappa shape index (κ3) is 3.90. The van der Waals surface area contributed by atoms with Gasteiger partial charge in [-0.05, 0) is 44.9 Å². The van der Waals surface area contributed by atoms with E-state index in [9.17, 15) is 0 Å². The highest BCUT2D eigenvalue weighted by Crippen LogP contribution is 2.25. The van der Waals surface area contributed by atoms with Gasteiger partial charge in [0.25, 0.3) is 0 Å². The van der Waals surface area contributed by atoms with E-state index >= 15 is 0 Å². The molecule has 0 atom stereocenters. The van der Waals surface area contributed by atoms with Gasteiger partial charge in [-0.1, -0.05) is 20.8 Å². The lowest BCUT2D eigenvalue weighted by molar-refractivity contribution is 0.371. The number of aromatic nitrogens is 3. The molecule has 0 aliphatic heterocycles. The summed E-state index contributed by atoms with van der Waals surface area (Å²) in [5.41, 5.74) is 8.16. The first-order chi connectivity index (χ1) is 10.2. The molecule has 5 heteroatoms. The summed E-state index contributed by atoms with van der Waals surface area (Å²) in [7, 11) is 0. The smallest absolute Gasteiger partial charge is 0.245 e. The third-order valence-corrected chi connectivity index (χ3v) is 4.40. The number of aryl methyl sites for hydroxylation is 2. The maximum absolute atomic E-state index is 6.03. The van der Waals surface area contributed by atoms with Crippen LogP contribution < -0.4 is 10.6 Å². The molecule has 1 heterocycles. The molecular weight excluding hydrogens is 262 g/mol. The van der Waals surface area contributed by atoms with Gasteiger partial charge in [-0.2, -0.15) is 5.10 Å². The van der Waals surface area contributed by atoms with E-state index in [4.69, 9.17) is 10.7 Å². The van der Waals surface area contributed by atoms with Gasteiger partial charge >= 0.3 is 0 Å². The van der Waals surface area contributed by atoms with E-state index in [1.807, 2.05) is 0 Å². The molecule has 1 fully saturated rings. The summed E-state index contributed by atoms with van der Waals surface area (Å²) >= 11 is 0. The number of anilines is 1. The minimum atomic E-state index is 0.373. The molecule has 5 nitrogen and oxygen atoms in total. The van der Waals surface area contributed by atoms with Crippen LogP contribution >= 0.6 is 0 Å². The van der Waals surface area contributed by atoms with E-state index in [-0.39, 0.29) is 0 Å². The molecule has 0 aromatic carbocycles. The topological polar surface area (TPSA) is 67.9 Å². The Morgan fingerprint density at radius 2 is 1.67 bits per heavy atom. The van der Waals surface area contributed by atoms with E-state index < -0.39 is 0 Å². The van der Waals surface area contributed by atoms with Gasteiger partial charge < -0.3 is 10.6 Å². The van der Waals surface area contributed by atoms with Crippen molar-refractivity contribution in [3.63, 3.8) is 0 Å². The van der Waals surface area contributed by atoms with Crippen LogP contribution in [0, 0.1) is 0 Å². The fraction of sp³-hybridized carbons (Fsp3) is 0.812. The number of nitrogens with zero attached hydrogens (tertiary/aromatic N) is 4. The van der Waals surface area contributed by atoms with Crippen LogP contribution in [0.1, 0.15) is 64.3 Å². The zero-order chi connectivity index (χ0) is 15.2. The number of rotatable bonds is 6. The summed E-state index contributed by atoms with van der Waals surface area (Å²) < 4.78 is 0. The van der Waals surface area contributed by atoms with E-state index in [1.165, 1.54) is 0 Å². The summed E-state index contributed by atoms with van der Waals surface area (Å²) in [6.07, 6.45) is 7.40. The highest BCUT2D eigenvalue weighted by molar-refractivity contribution is 5.32. The second kappa shape index (κ2) is 7.69. The van der Waals surface area contributed by atoms with E-state index in [0.29, 0.717) is 12.1 Å². The summed E-state index contributed by atoms with van der Waals surface area (Å²) in [6.45, 7) is 7.44. The number of hydrogen-bond donors (Lipinski definition) is 1. The van der Waals surface area contributed by atoms with Crippen molar-refractivity contribution >= 4 is 5.95 Å². The molecule has 1 aromatic rings. The lowest BCUT2D eigenvalue weighted by atomic mass is 9.91. The molecule has 2 rings (SSSR count). The summed E-state index contributed by atoms with van der Waals surface area (Å²) in [5.74, 6) is 0.811. The quantitative estimate of drug-likeness (QED) is 0.872. The van der Waals surface area contributed by atoms with Gasteiger partial charge in [0, 0.05) is 18.6 Å². The summed E-state index contributed by atoms with van der Waals surface area (Å²) in [4.78, 5) is 7.15. The van der Waals surface area contributed by atoms with Gasteiger partial charge in [-0.3, -0.25) is 0 Å². The highest BCUT2D eigenvalue weighted by atomic mass is 15.3. The van der Waals surface area contributed by atoms with Crippen LogP contribution in [0.5, 0.6) is 0 Å². The van der Waals surface area contributed by atoms with Crippen LogP contribution in [0.15, 0.2) is 0 Å². The Labute approximate surface area is 128 Å². The zero-order valence-corrected chi connectivity index (χ0v) is 13.7. The third-order valence-electron chi connectivity index (χ3n) is 4.40. The molecule has 1 aliphatic carbocycles. The standard InChI is InChI=1S/C16H29N5/c1-4-11-21(13-9-7-12(17)8-10-13)16-18-14(5-2)15(6-3)19-20-16/h12-13H,4-11,17H2,1-3H3. The first-order valence-electron chi connectivity index (χ1n) is 8.44. The molecule has 0 spiro atoms. The normalized spacial score (nSPS) is 22.3. The van der Waals surface area contributed by atoms with Crippen LogP contribution in [-0.2, 0) is 12.8 Å². The summed E-state index contributed by atoms with van der Waals surface area (Å²) in [5, 5.41) is 8.81. The van der Waals surface area contributed by atoms with Crippen molar-refractivity contribution < 1.29 is 0 Å². The minimum absolute atomic E-state index is 0.373. The van der Waals surface area contributed by atoms with Crippen LogP contribution in [0.2, 0.25) is 0 Å². The first-order valence-corrected chi connectivity index (χ1v) is 8.44. The fourth-order valence-electron chi connectivity index (χ4n) is 3.15. The van der Waals surface area contributed by atoms with Crippen LogP contribution in [-0.4, -0.2) is 33.8 Å². The second-order valence-corrected chi connectivity index (χ2v) is 5.97. The Morgan fingerprint density at radius 3 is 2.24 bits per heavy atom. The van der Waals surface area contributed by atoms with Crippen molar-refractivity contribution in [2.75, 3.05) is 11.4 Å². The molecule has 118 valence electrons. The van der Waals surface area contributed by atoms with Gasteiger partial charge in [0.15, 0.2) is 0 Å². The van der Waals surface area contributed by atoms with Crippen molar-refractivity contribution in [2.45, 2.75) is 77.8 Å². The Bertz CT molecular complexity index is 440. The molecule has 0 bridgehead atoms. The monoisotopic (exact) mass is 291 g/mol. The summed E-state index contributed by atoms with van der Waals surface area (Å²) in [6, 6.07) is 0.890. The van der Waals surface area contributed by atoms with Gasteiger partial charge in [0.05, 0.1) is 11.4 Å². The van der Waals surface area contributed by atoms with E-state index in [1.54, 1.807) is 0 Å². The molecule has 0 radical (unpaired) electrons. The van der Waals surface area contributed by atoms with E-state index in [2.05, 4.69) is 35.9 Å².